The highest BCUT2D eigenvalue weighted by Crippen LogP contribution is 2.19. The second kappa shape index (κ2) is 11.4. The van der Waals surface area contributed by atoms with Gasteiger partial charge in [0.15, 0.2) is 0 Å². The lowest BCUT2D eigenvalue weighted by Crippen LogP contribution is -2.56. The summed E-state index contributed by atoms with van der Waals surface area (Å²) >= 11 is 0. The molecule has 0 amide bonds. The van der Waals surface area contributed by atoms with Gasteiger partial charge in [0.1, 0.15) is 0 Å². The van der Waals surface area contributed by atoms with Gasteiger partial charge in [-0.25, -0.2) is 0 Å². The lowest BCUT2D eigenvalue weighted by molar-refractivity contribution is -0.0120. The highest BCUT2D eigenvalue weighted by molar-refractivity contribution is 4.93. The highest BCUT2D eigenvalue weighted by atomic mass is 16.5. The highest BCUT2D eigenvalue weighted by Gasteiger charge is 2.33. The van der Waals surface area contributed by atoms with E-state index in [0.717, 1.165) is 19.4 Å². The second-order valence-electron chi connectivity index (χ2n) is 6.30. The Morgan fingerprint density at radius 3 is 1.76 bits per heavy atom. The van der Waals surface area contributed by atoms with Gasteiger partial charge in [0, 0.05) is 18.7 Å². The average Bonchev–Trinajstić information content (AvgIpc) is 2.38. The molecule has 0 aromatic heterocycles. The fourth-order valence-corrected chi connectivity index (χ4v) is 1.44. The van der Waals surface area contributed by atoms with Gasteiger partial charge in [-0.3, -0.25) is 0 Å². The number of rotatable bonds is 14. The fourth-order valence-electron chi connectivity index (χ4n) is 1.44. The summed E-state index contributed by atoms with van der Waals surface area (Å²) in [4.78, 5) is 0. The molecule has 0 rings (SSSR count). The van der Waals surface area contributed by atoms with Gasteiger partial charge < -0.3 is 24.6 Å². The van der Waals surface area contributed by atoms with E-state index in [2.05, 4.69) is 12.2 Å². The summed E-state index contributed by atoms with van der Waals surface area (Å²) in [6.07, 6.45) is 2.27. The van der Waals surface area contributed by atoms with Crippen LogP contribution in [0.5, 0.6) is 0 Å². The van der Waals surface area contributed by atoms with Gasteiger partial charge in [-0.05, 0) is 34.1 Å². The van der Waals surface area contributed by atoms with Crippen LogP contribution in [0.4, 0.5) is 0 Å². The summed E-state index contributed by atoms with van der Waals surface area (Å²) in [6, 6.07) is 0. The van der Waals surface area contributed by atoms with Crippen molar-refractivity contribution in [3.8, 4) is 0 Å². The maximum atomic E-state index is 9.99. The molecule has 0 bridgehead atoms. The predicted molar refractivity (Wildman–Crippen MR) is 85.7 cm³/mol. The summed E-state index contributed by atoms with van der Waals surface area (Å²) in [5.74, 6) is 0. The van der Waals surface area contributed by atoms with Crippen molar-refractivity contribution in [2.24, 2.45) is 0 Å². The Bertz CT molecular complexity index is 239. The predicted octanol–water partition coefficient (Wildman–Crippen LogP) is 1.98. The lowest BCUT2D eigenvalue weighted by Gasteiger charge is -2.38. The van der Waals surface area contributed by atoms with Crippen LogP contribution >= 0.6 is 0 Å². The number of hydrogen-bond acceptors (Lipinski definition) is 5. The number of ether oxygens (including phenoxy) is 3. The van der Waals surface area contributed by atoms with E-state index in [1.54, 1.807) is 13.8 Å². The van der Waals surface area contributed by atoms with E-state index in [-0.39, 0.29) is 5.54 Å². The molecule has 0 heterocycles. The van der Waals surface area contributed by atoms with Gasteiger partial charge in [0.05, 0.1) is 38.6 Å². The SMILES string of the molecule is CCCCOCCOCCOCCNC(C)(C)C(C)(C)O. The summed E-state index contributed by atoms with van der Waals surface area (Å²) in [6.45, 7) is 14.3. The maximum Gasteiger partial charge on any atom is 0.0767 e. The monoisotopic (exact) mass is 305 g/mol. The van der Waals surface area contributed by atoms with Gasteiger partial charge >= 0.3 is 0 Å². The molecule has 2 N–H and O–H groups in total. The smallest absolute Gasteiger partial charge is 0.0767 e. The van der Waals surface area contributed by atoms with Crippen molar-refractivity contribution in [3.63, 3.8) is 0 Å². The molecule has 0 aromatic carbocycles. The summed E-state index contributed by atoms with van der Waals surface area (Å²) in [7, 11) is 0. The van der Waals surface area contributed by atoms with Crippen molar-refractivity contribution >= 4 is 0 Å². The van der Waals surface area contributed by atoms with Gasteiger partial charge in [-0.2, -0.15) is 0 Å². The quantitative estimate of drug-likeness (QED) is 0.481. The van der Waals surface area contributed by atoms with Crippen LogP contribution in [0.15, 0.2) is 0 Å². The molecule has 5 heteroatoms. The Kier molecular flexibility index (Phi) is 11.3. The van der Waals surface area contributed by atoms with Crippen molar-refractivity contribution < 1.29 is 19.3 Å². The summed E-state index contributed by atoms with van der Waals surface area (Å²) in [5.41, 5.74) is -1.11. The Labute approximate surface area is 130 Å². The van der Waals surface area contributed by atoms with Crippen LogP contribution in [-0.4, -0.2) is 62.4 Å². The normalized spacial score (nSPS) is 12.9. The molecule has 0 spiro atoms. The zero-order valence-electron chi connectivity index (χ0n) is 14.5. The van der Waals surface area contributed by atoms with E-state index in [4.69, 9.17) is 14.2 Å². The minimum absolute atomic E-state index is 0.345. The molecular formula is C16H35NO4. The number of aliphatic hydroxyl groups is 1. The van der Waals surface area contributed by atoms with Gasteiger partial charge in [-0.15, -0.1) is 0 Å². The summed E-state index contributed by atoms with van der Waals surface area (Å²) in [5, 5.41) is 13.3. The molecule has 0 aliphatic rings. The van der Waals surface area contributed by atoms with Crippen molar-refractivity contribution in [2.45, 2.75) is 58.6 Å². The maximum absolute atomic E-state index is 9.99. The first-order chi connectivity index (χ1) is 9.81. The van der Waals surface area contributed by atoms with Crippen molar-refractivity contribution in [1.29, 1.82) is 0 Å². The number of hydrogen-bond donors (Lipinski definition) is 2. The first kappa shape index (κ1) is 20.8. The minimum atomic E-state index is -0.770. The Balaban J connectivity index is 3.30. The van der Waals surface area contributed by atoms with Gasteiger partial charge in [0.2, 0.25) is 0 Å². The molecule has 128 valence electrons. The standard InChI is InChI=1S/C16H35NO4/c1-6-7-9-19-11-13-21-14-12-20-10-8-17-15(2,3)16(4,5)18/h17-18H,6-14H2,1-5H3. The zero-order chi connectivity index (χ0) is 16.2. The average molecular weight is 305 g/mol. The van der Waals surface area contributed by atoms with E-state index in [1.807, 2.05) is 13.8 Å². The first-order valence-electron chi connectivity index (χ1n) is 8.02. The Morgan fingerprint density at radius 1 is 0.810 bits per heavy atom. The molecule has 0 fully saturated rings. The van der Waals surface area contributed by atoms with E-state index >= 15 is 0 Å². The molecule has 0 aliphatic carbocycles. The van der Waals surface area contributed by atoms with Crippen LogP contribution in [0.2, 0.25) is 0 Å². The molecule has 0 aliphatic heterocycles. The van der Waals surface area contributed by atoms with Gasteiger partial charge in [0.25, 0.3) is 0 Å². The molecule has 0 saturated heterocycles. The second-order valence-corrected chi connectivity index (χ2v) is 6.30. The third kappa shape index (κ3) is 11.1. The van der Waals surface area contributed by atoms with Crippen LogP contribution in [0, 0.1) is 0 Å². The van der Waals surface area contributed by atoms with Crippen LogP contribution in [0.25, 0.3) is 0 Å². The van der Waals surface area contributed by atoms with Crippen molar-refractivity contribution in [1.82, 2.24) is 5.32 Å². The van der Waals surface area contributed by atoms with E-state index in [0.29, 0.717) is 39.6 Å². The third-order valence-electron chi connectivity index (χ3n) is 3.73. The summed E-state index contributed by atoms with van der Waals surface area (Å²) < 4.78 is 16.3. The van der Waals surface area contributed by atoms with Crippen LogP contribution in [0.1, 0.15) is 47.5 Å². The van der Waals surface area contributed by atoms with Crippen LogP contribution in [0.3, 0.4) is 0 Å². The number of unbranched alkanes of at least 4 members (excludes halogenated alkanes) is 1. The topological polar surface area (TPSA) is 60.0 Å². The zero-order valence-corrected chi connectivity index (χ0v) is 14.5. The largest absolute Gasteiger partial charge is 0.389 e. The Morgan fingerprint density at radius 2 is 1.29 bits per heavy atom. The molecule has 0 aromatic rings. The molecule has 0 radical (unpaired) electrons. The molecule has 0 saturated carbocycles. The van der Waals surface area contributed by atoms with Gasteiger partial charge in [-0.1, -0.05) is 13.3 Å². The fraction of sp³-hybridized carbons (Fsp3) is 1.00. The van der Waals surface area contributed by atoms with Crippen molar-refractivity contribution in [3.05, 3.63) is 0 Å². The van der Waals surface area contributed by atoms with E-state index in [9.17, 15) is 5.11 Å². The molecule has 5 nitrogen and oxygen atoms in total. The van der Waals surface area contributed by atoms with Crippen molar-refractivity contribution in [2.75, 3.05) is 46.2 Å². The third-order valence-corrected chi connectivity index (χ3v) is 3.73. The van der Waals surface area contributed by atoms with Crippen LogP contribution in [-0.2, 0) is 14.2 Å². The number of nitrogens with one attached hydrogen (secondary N) is 1. The first-order valence-corrected chi connectivity index (χ1v) is 8.02. The van der Waals surface area contributed by atoms with E-state index < -0.39 is 5.60 Å². The minimum Gasteiger partial charge on any atom is -0.389 e. The molecular weight excluding hydrogens is 270 g/mol. The lowest BCUT2D eigenvalue weighted by atomic mass is 9.86. The van der Waals surface area contributed by atoms with E-state index in [1.165, 1.54) is 0 Å². The molecule has 0 unspecified atom stereocenters. The van der Waals surface area contributed by atoms with Crippen LogP contribution < -0.4 is 5.32 Å². The molecule has 0 atom stereocenters. The molecule has 21 heavy (non-hydrogen) atoms. The Hall–Kier alpha value is -0.200.